The zero-order valence-electron chi connectivity index (χ0n) is 13.6. The second kappa shape index (κ2) is 10.3. The van der Waals surface area contributed by atoms with E-state index in [1.807, 2.05) is 21.6 Å². The molecule has 0 aromatic heterocycles. The quantitative estimate of drug-likeness (QED) is 0.227. The van der Waals surface area contributed by atoms with Crippen LogP contribution in [-0.4, -0.2) is 34.4 Å². The molecule has 1 fully saturated rings. The van der Waals surface area contributed by atoms with E-state index in [0.717, 1.165) is 19.3 Å². The van der Waals surface area contributed by atoms with Gasteiger partial charge in [-0.15, -0.1) is 0 Å². The van der Waals surface area contributed by atoms with Crippen molar-refractivity contribution in [2.75, 3.05) is 17.7 Å². The molecule has 1 aromatic carbocycles. The molecule has 1 aliphatic heterocycles. The molecule has 1 heterocycles. The van der Waals surface area contributed by atoms with Gasteiger partial charge in [0, 0.05) is 23.5 Å². The Kier molecular flexibility index (Phi) is 8.07. The lowest BCUT2D eigenvalue weighted by Gasteiger charge is -2.08. The number of hydrogen-bond acceptors (Lipinski definition) is 7. The van der Waals surface area contributed by atoms with E-state index in [1.165, 1.54) is 30.4 Å². The van der Waals surface area contributed by atoms with Crippen LogP contribution >= 0.6 is 21.6 Å². The summed E-state index contributed by atoms with van der Waals surface area (Å²) in [5.41, 5.74) is -0.120. The number of amides is 1. The molecule has 1 aromatic rings. The minimum Gasteiger partial charge on any atom is -0.456 e. The van der Waals surface area contributed by atoms with Crippen molar-refractivity contribution < 1.29 is 19.2 Å². The summed E-state index contributed by atoms with van der Waals surface area (Å²) in [6, 6.07) is 5.81. The van der Waals surface area contributed by atoms with Gasteiger partial charge in [0.25, 0.3) is 11.6 Å². The van der Waals surface area contributed by atoms with Gasteiger partial charge in [-0.05, 0) is 25.3 Å². The molecule has 2 rings (SSSR count). The number of nitrogens with zero attached hydrogens (tertiary/aromatic N) is 1. The van der Waals surface area contributed by atoms with E-state index < -0.39 is 23.4 Å². The third-order valence-electron chi connectivity index (χ3n) is 3.62. The average Bonchev–Trinajstić information content (AvgIpc) is 3.10. The zero-order chi connectivity index (χ0) is 18.1. The fourth-order valence-electron chi connectivity index (χ4n) is 2.35. The van der Waals surface area contributed by atoms with Crippen LogP contribution in [0, 0.1) is 10.1 Å². The average molecular weight is 384 g/mol. The molecule has 7 nitrogen and oxygen atoms in total. The fourth-order valence-corrected chi connectivity index (χ4v) is 5.38. The number of carbonyl (C=O) groups excluding carboxylic acids is 2. The Morgan fingerprint density at radius 2 is 2.12 bits per heavy atom. The predicted molar refractivity (Wildman–Crippen MR) is 99.6 cm³/mol. The molecule has 0 spiro atoms. The Hall–Kier alpha value is -1.74. The molecule has 0 radical (unpaired) electrons. The van der Waals surface area contributed by atoms with Crippen molar-refractivity contribution in [1.29, 1.82) is 0 Å². The third-order valence-corrected chi connectivity index (χ3v) is 6.63. The Balaban J connectivity index is 1.64. The highest BCUT2D eigenvalue weighted by Crippen LogP contribution is 2.39. The Labute approximate surface area is 153 Å². The number of nitro groups is 1. The van der Waals surface area contributed by atoms with Gasteiger partial charge < -0.3 is 10.1 Å². The molecule has 1 amide bonds. The largest absolute Gasteiger partial charge is 0.456 e. The number of nitrogens with one attached hydrogen (secondary N) is 1. The molecule has 9 heteroatoms. The first kappa shape index (κ1) is 19.6. The summed E-state index contributed by atoms with van der Waals surface area (Å²) in [4.78, 5) is 33.7. The second-order valence-electron chi connectivity index (χ2n) is 5.56. The van der Waals surface area contributed by atoms with E-state index in [9.17, 15) is 19.7 Å². The van der Waals surface area contributed by atoms with E-state index in [2.05, 4.69) is 5.32 Å². The fraction of sp³-hybridized carbons (Fsp3) is 0.500. The van der Waals surface area contributed by atoms with Crippen LogP contribution in [0.25, 0.3) is 0 Å². The number of carbonyl (C=O) groups is 2. The van der Waals surface area contributed by atoms with E-state index in [4.69, 9.17) is 4.74 Å². The van der Waals surface area contributed by atoms with Crippen LogP contribution in [-0.2, 0) is 14.3 Å². The minimum atomic E-state index is -0.595. The van der Waals surface area contributed by atoms with Crippen molar-refractivity contribution in [3.63, 3.8) is 0 Å². The highest BCUT2D eigenvalue weighted by Gasteiger charge is 2.17. The van der Waals surface area contributed by atoms with Crippen molar-refractivity contribution in [2.45, 2.75) is 37.4 Å². The van der Waals surface area contributed by atoms with Gasteiger partial charge in [0.1, 0.15) is 5.69 Å². The van der Waals surface area contributed by atoms with Crippen molar-refractivity contribution >= 4 is 44.8 Å². The number of para-hydroxylation sites is 2. The highest BCUT2D eigenvalue weighted by atomic mass is 33.1. The van der Waals surface area contributed by atoms with Gasteiger partial charge in [0.15, 0.2) is 6.61 Å². The third kappa shape index (κ3) is 6.95. The molecule has 136 valence electrons. The van der Waals surface area contributed by atoms with Crippen molar-refractivity contribution in [2.24, 2.45) is 0 Å². The Bertz CT molecular complexity index is 620. The van der Waals surface area contributed by atoms with Crippen LogP contribution < -0.4 is 5.32 Å². The molecule has 0 aliphatic carbocycles. The molecule has 25 heavy (non-hydrogen) atoms. The number of unbranched alkanes of at least 4 members (excludes halogenated alkanes) is 1. The Morgan fingerprint density at radius 3 is 2.84 bits per heavy atom. The van der Waals surface area contributed by atoms with E-state index in [-0.39, 0.29) is 17.8 Å². The van der Waals surface area contributed by atoms with E-state index in [0.29, 0.717) is 5.25 Å². The molecular weight excluding hydrogens is 364 g/mol. The molecular formula is C16H20N2O5S2. The summed E-state index contributed by atoms with van der Waals surface area (Å²) in [7, 11) is 3.82. The standard InChI is InChI=1S/C16H20N2O5S2/c19-15(17-13-6-2-3-7-14(13)18(21)22)11-23-16(20)8-4-1-5-12-9-10-24-25-12/h2-3,6-7,12H,1,4-5,8-11H2,(H,17,19)/t12-/m1/s1. The van der Waals surface area contributed by atoms with E-state index in [1.54, 1.807) is 6.07 Å². The molecule has 0 bridgehead atoms. The molecule has 1 atom stereocenters. The number of anilines is 1. The van der Waals surface area contributed by atoms with Crippen LogP contribution in [0.2, 0.25) is 0 Å². The highest BCUT2D eigenvalue weighted by molar-refractivity contribution is 8.77. The van der Waals surface area contributed by atoms with Gasteiger partial charge in [-0.25, -0.2) is 0 Å². The summed E-state index contributed by atoms with van der Waals surface area (Å²) in [5, 5.41) is 14.0. The lowest BCUT2D eigenvalue weighted by atomic mass is 10.1. The van der Waals surface area contributed by atoms with Crippen molar-refractivity contribution in [3.8, 4) is 0 Å². The van der Waals surface area contributed by atoms with Gasteiger partial charge in [-0.1, -0.05) is 40.1 Å². The van der Waals surface area contributed by atoms with Gasteiger partial charge in [-0.2, -0.15) is 0 Å². The molecule has 1 N–H and O–H groups in total. The van der Waals surface area contributed by atoms with Crippen LogP contribution in [0.5, 0.6) is 0 Å². The van der Waals surface area contributed by atoms with Crippen LogP contribution in [0.4, 0.5) is 11.4 Å². The van der Waals surface area contributed by atoms with Crippen molar-refractivity contribution in [3.05, 3.63) is 34.4 Å². The summed E-state index contributed by atoms with van der Waals surface area (Å²) >= 11 is 0. The summed E-state index contributed by atoms with van der Waals surface area (Å²) < 4.78 is 4.92. The van der Waals surface area contributed by atoms with Crippen LogP contribution in [0.1, 0.15) is 32.1 Å². The number of hydrogen-bond donors (Lipinski definition) is 1. The number of benzene rings is 1. The normalized spacial score (nSPS) is 16.4. The van der Waals surface area contributed by atoms with Crippen molar-refractivity contribution in [1.82, 2.24) is 0 Å². The van der Waals surface area contributed by atoms with E-state index >= 15 is 0 Å². The maximum Gasteiger partial charge on any atom is 0.306 e. The molecule has 1 aliphatic rings. The monoisotopic (exact) mass is 384 g/mol. The van der Waals surface area contributed by atoms with Gasteiger partial charge in [0.2, 0.25) is 0 Å². The number of esters is 1. The number of ether oxygens (including phenoxy) is 1. The lowest BCUT2D eigenvalue weighted by Crippen LogP contribution is -2.21. The molecule has 0 saturated carbocycles. The SMILES string of the molecule is O=C(COC(=O)CCCC[C@@H]1CCSS1)Nc1ccccc1[N+](=O)[O-]. The topological polar surface area (TPSA) is 98.5 Å². The van der Waals surface area contributed by atoms with Crippen LogP contribution in [0.15, 0.2) is 24.3 Å². The van der Waals surface area contributed by atoms with Gasteiger partial charge in [-0.3, -0.25) is 19.7 Å². The summed E-state index contributed by atoms with van der Waals surface area (Å²) in [6.45, 7) is -0.444. The summed E-state index contributed by atoms with van der Waals surface area (Å²) in [5.74, 6) is 0.180. The smallest absolute Gasteiger partial charge is 0.306 e. The second-order valence-corrected chi connectivity index (χ2v) is 8.35. The maximum absolute atomic E-state index is 11.8. The summed E-state index contributed by atoms with van der Waals surface area (Å²) in [6.07, 6.45) is 4.32. The predicted octanol–water partition coefficient (Wildman–Crippen LogP) is 3.79. The maximum atomic E-state index is 11.8. The number of nitro benzene ring substituents is 1. The van der Waals surface area contributed by atoms with Gasteiger partial charge >= 0.3 is 5.97 Å². The molecule has 0 unspecified atom stereocenters. The Morgan fingerprint density at radius 1 is 1.32 bits per heavy atom. The number of rotatable bonds is 9. The van der Waals surface area contributed by atoms with Gasteiger partial charge in [0.05, 0.1) is 4.92 Å². The zero-order valence-corrected chi connectivity index (χ0v) is 15.3. The first-order chi connectivity index (χ1) is 12.1. The minimum absolute atomic E-state index is 0.0838. The first-order valence-corrected chi connectivity index (χ1v) is 10.4. The lowest BCUT2D eigenvalue weighted by molar-refractivity contribution is -0.383. The van der Waals surface area contributed by atoms with Crippen LogP contribution in [0.3, 0.4) is 0 Å². The molecule has 1 saturated heterocycles. The first-order valence-electron chi connectivity index (χ1n) is 8.03.